The van der Waals surface area contributed by atoms with Gasteiger partial charge < -0.3 is 20.0 Å². The molecule has 3 rings (SSSR count). The standard InChI is InChI=1S/C21H22N2O3/c1-14-10-16(12-19(11-14)26-18-4-2-3-5-18)20(21(24)25)23-17-8-6-15(13-22)7-9-17/h6-12,18,20,23H,2-5H2,1H3,(H,24,25)/p-1. The van der Waals surface area contributed by atoms with Crippen LogP contribution in [-0.4, -0.2) is 12.1 Å². The molecule has 134 valence electrons. The lowest BCUT2D eigenvalue weighted by Crippen LogP contribution is -2.34. The van der Waals surface area contributed by atoms with Gasteiger partial charge in [0, 0.05) is 5.69 Å². The summed E-state index contributed by atoms with van der Waals surface area (Å²) in [6.07, 6.45) is 4.63. The van der Waals surface area contributed by atoms with Crippen LogP contribution in [0.5, 0.6) is 5.75 Å². The van der Waals surface area contributed by atoms with Gasteiger partial charge in [0.05, 0.1) is 29.7 Å². The van der Waals surface area contributed by atoms with Gasteiger partial charge in [0.2, 0.25) is 0 Å². The number of nitrogens with zero attached hydrogens (tertiary/aromatic N) is 1. The van der Waals surface area contributed by atoms with Gasteiger partial charge in [0.25, 0.3) is 0 Å². The SMILES string of the molecule is Cc1cc(OC2CCCC2)cc(C(Nc2ccc(C#N)cc2)C(=O)[O-])c1. The van der Waals surface area contributed by atoms with Crippen LogP contribution in [-0.2, 0) is 4.79 Å². The minimum atomic E-state index is -1.22. The first-order valence-electron chi connectivity index (χ1n) is 8.81. The molecule has 26 heavy (non-hydrogen) atoms. The maximum Gasteiger partial charge on any atom is 0.120 e. The summed E-state index contributed by atoms with van der Waals surface area (Å²) in [5.74, 6) is -0.522. The fraction of sp³-hybridized carbons (Fsp3) is 0.333. The Balaban J connectivity index is 1.83. The number of nitriles is 1. The Bertz CT molecular complexity index is 818. The van der Waals surface area contributed by atoms with Crippen molar-refractivity contribution in [2.75, 3.05) is 5.32 Å². The van der Waals surface area contributed by atoms with Crippen LogP contribution in [0.1, 0.15) is 48.4 Å². The molecule has 0 bridgehead atoms. The molecule has 2 aromatic rings. The Kier molecular flexibility index (Phi) is 5.43. The molecular formula is C21H21N2O3-. The summed E-state index contributed by atoms with van der Waals surface area (Å²) in [4.78, 5) is 11.7. The summed E-state index contributed by atoms with van der Waals surface area (Å²) in [7, 11) is 0. The number of benzene rings is 2. The molecule has 1 unspecified atom stereocenters. The van der Waals surface area contributed by atoms with Crippen molar-refractivity contribution in [2.24, 2.45) is 0 Å². The fourth-order valence-corrected chi connectivity index (χ4v) is 3.30. The van der Waals surface area contributed by atoms with Crippen molar-refractivity contribution in [2.45, 2.75) is 44.8 Å². The van der Waals surface area contributed by atoms with E-state index in [-0.39, 0.29) is 6.10 Å². The second-order valence-corrected chi connectivity index (χ2v) is 6.69. The van der Waals surface area contributed by atoms with Crippen LogP contribution in [0, 0.1) is 18.3 Å². The van der Waals surface area contributed by atoms with Crippen molar-refractivity contribution in [3.05, 3.63) is 59.2 Å². The van der Waals surface area contributed by atoms with Crippen LogP contribution in [0.2, 0.25) is 0 Å². The lowest BCUT2D eigenvalue weighted by Gasteiger charge is -2.23. The number of hydrogen-bond acceptors (Lipinski definition) is 5. The number of carbonyl (C=O) groups excluding carboxylic acids is 1. The zero-order valence-electron chi connectivity index (χ0n) is 14.7. The quantitative estimate of drug-likeness (QED) is 0.866. The number of ether oxygens (including phenoxy) is 1. The minimum absolute atomic E-state index is 0.206. The molecule has 0 saturated heterocycles. The third-order valence-corrected chi connectivity index (χ3v) is 4.57. The first-order chi connectivity index (χ1) is 12.5. The highest BCUT2D eigenvalue weighted by molar-refractivity contribution is 5.78. The number of rotatable bonds is 6. The highest BCUT2D eigenvalue weighted by atomic mass is 16.5. The monoisotopic (exact) mass is 349 g/mol. The smallest absolute Gasteiger partial charge is 0.120 e. The van der Waals surface area contributed by atoms with Crippen molar-refractivity contribution >= 4 is 11.7 Å². The maximum absolute atomic E-state index is 11.7. The van der Waals surface area contributed by atoms with Crippen molar-refractivity contribution in [3.63, 3.8) is 0 Å². The molecule has 0 heterocycles. The molecule has 0 radical (unpaired) electrons. The van der Waals surface area contributed by atoms with E-state index in [1.165, 1.54) is 12.8 Å². The maximum atomic E-state index is 11.7. The highest BCUT2D eigenvalue weighted by Crippen LogP contribution is 2.29. The topological polar surface area (TPSA) is 85.2 Å². The Morgan fingerprint density at radius 1 is 1.23 bits per heavy atom. The lowest BCUT2D eigenvalue weighted by molar-refractivity contribution is -0.307. The van der Waals surface area contributed by atoms with Crippen molar-refractivity contribution in [3.8, 4) is 11.8 Å². The molecule has 5 nitrogen and oxygen atoms in total. The first-order valence-corrected chi connectivity index (χ1v) is 8.81. The third kappa shape index (κ3) is 4.34. The van der Waals surface area contributed by atoms with Gasteiger partial charge in [0.15, 0.2) is 0 Å². The number of hydrogen-bond donors (Lipinski definition) is 1. The van der Waals surface area contributed by atoms with E-state index < -0.39 is 12.0 Å². The zero-order chi connectivity index (χ0) is 18.5. The second kappa shape index (κ2) is 7.92. The number of nitrogens with one attached hydrogen (secondary N) is 1. The average molecular weight is 349 g/mol. The van der Waals surface area contributed by atoms with Gasteiger partial charge in [-0.25, -0.2) is 0 Å². The van der Waals surface area contributed by atoms with Crippen LogP contribution in [0.25, 0.3) is 0 Å². The fourth-order valence-electron chi connectivity index (χ4n) is 3.30. The lowest BCUT2D eigenvalue weighted by atomic mass is 10.0. The molecular weight excluding hydrogens is 328 g/mol. The molecule has 1 aliphatic rings. The molecule has 0 aliphatic heterocycles. The Morgan fingerprint density at radius 2 is 1.92 bits per heavy atom. The number of carboxylic acids is 1. The summed E-state index contributed by atoms with van der Waals surface area (Å²) in [5, 5.41) is 23.6. The zero-order valence-corrected chi connectivity index (χ0v) is 14.7. The van der Waals surface area contributed by atoms with Crippen molar-refractivity contribution in [1.82, 2.24) is 0 Å². The van der Waals surface area contributed by atoms with E-state index in [9.17, 15) is 9.90 Å². The molecule has 0 aromatic heterocycles. The molecule has 1 atom stereocenters. The van der Waals surface area contributed by atoms with E-state index in [4.69, 9.17) is 10.00 Å². The van der Waals surface area contributed by atoms with Crippen LogP contribution in [0.3, 0.4) is 0 Å². The molecule has 5 heteroatoms. The van der Waals surface area contributed by atoms with Gasteiger partial charge in [-0.05, 0) is 80.1 Å². The minimum Gasteiger partial charge on any atom is -0.548 e. The van der Waals surface area contributed by atoms with E-state index in [2.05, 4.69) is 5.32 Å². The van der Waals surface area contributed by atoms with Crippen LogP contribution in [0.15, 0.2) is 42.5 Å². The molecule has 1 aliphatic carbocycles. The van der Waals surface area contributed by atoms with E-state index in [1.807, 2.05) is 25.1 Å². The number of carboxylic acid groups (broad SMARTS) is 1. The Labute approximate surface area is 153 Å². The van der Waals surface area contributed by atoms with Gasteiger partial charge in [0.1, 0.15) is 5.75 Å². The molecule has 0 spiro atoms. The normalized spacial score (nSPS) is 15.2. The average Bonchev–Trinajstić information content (AvgIpc) is 3.12. The van der Waals surface area contributed by atoms with E-state index in [1.54, 1.807) is 30.3 Å². The van der Waals surface area contributed by atoms with E-state index >= 15 is 0 Å². The molecule has 1 N–H and O–H groups in total. The molecule has 1 saturated carbocycles. The van der Waals surface area contributed by atoms with Gasteiger partial charge >= 0.3 is 0 Å². The van der Waals surface area contributed by atoms with Crippen molar-refractivity contribution < 1.29 is 14.6 Å². The summed E-state index contributed by atoms with van der Waals surface area (Å²) in [6.45, 7) is 1.92. The summed E-state index contributed by atoms with van der Waals surface area (Å²) >= 11 is 0. The summed E-state index contributed by atoms with van der Waals surface area (Å²) < 4.78 is 6.03. The largest absolute Gasteiger partial charge is 0.548 e. The molecule has 1 fully saturated rings. The molecule has 0 amide bonds. The summed E-state index contributed by atoms with van der Waals surface area (Å²) in [5.41, 5.74) is 2.65. The number of carbonyl (C=O) groups is 1. The van der Waals surface area contributed by atoms with Crippen LogP contribution < -0.4 is 15.2 Å². The Morgan fingerprint density at radius 3 is 2.54 bits per heavy atom. The molecule has 2 aromatic carbocycles. The first kappa shape index (κ1) is 17.8. The second-order valence-electron chi connectivity index (χ2n) is 6.69. The summed E-state index contributed by atoms with van der Waals surface area (Å²) in [6, 6.07) is 13.2. The third-order valence-electron chi connectivity index (χ3n) is 4.57. The predicted octanol–water partition coefficient (Wildman–Crippen LogP) is 3.09. The Hall–Kier alpha value is -3.00. The predicted molar refractivity (Wildman–Crippen MR) is 96.6 cm³/mol. The van der Waals surface area contributed by atoms with E-state index in [0.717, 1.165) is 18.4 Å². The van der Waals surface area contributed by atoms with Crippen LogP contribution >= 0.6 is 0 Å². The van der Waals surface area contributed by atoms with Crippen molar-refractivity contribution in [1.29, 1.82) is 5.26 Å². The van der Waals surface area contributed by atoms with Crippen LogP contribution in [0.4, 0.5) is 5.69 Å². The number of aryl methyl sites for hydroxylation is 1. The number of anilines is 1. The number of aliphatic carboxylic acids is 1. The van der Waals surface area contributed by atoms with E-state index in [0.29, 0.717) is 22.6 Å². The van der Waals surface area contributed by atoms with Gasteiger partial charge in [-0.3, -0.25) is 0 Å². The highest BCUT2D eigenvalue weighted by Gasteiger charge is 2.19. The van der Waals surface area contributed by atoms with Gasteiger partial charge in [-0.1, -0.05) is 6.07 Å². The van der Waals surface area contributed by atoms with Gasteiger partial charge in [-0.2, -0.15) is 5.26 Å². The van der Waals surface area contributed by atoms with Gasteiger partial charge in [-0.15, -0.1) is 0 Å².